The Morgan fingerprint density at radius 2 is 1.95 bits per heavy atom. The molecule has 0 saturated carbocycles. The Morgan fingerprint density at radius 1 is 1.21 bits per heavy atom. The first-order valence-electron chi connectivity index (χ1n) is 5.30. The Labute approximate surface area is 105 Å². The fourth-order valence-corrected chi connectivity index (χ4v) is 1.50. The molecule has 19 heavy (non-hydrogen) atoms. The summed E-state index contributed by atoms with van der Waals surface area (Å²) in [6, 6.07) is 2.16. The monoisotopic (exact) mass is 275 g/mol. The number of hydrogen-bond donors (Lipinski definition) is 1. The van der Waals surface area contributed by atoms with E-state index in [0.717, 1.165) is 12.1 Å². The predicted octanol–water partition coefficient (Wildman–Crippen LogP) is 3.46. The Balaban J connectivity index is 2.13. The molecule has 1 heterocycles. The molecule has 0 amide bonds. The number of rotatable bonds is 4. The third-order valence-corrected chi connectivity index (χ3v) is 2.40. The van der Waals surface area contributed by atoms with Gasteiger partial charge in [0.1, 0.15) is 11.6 Å². The first kappa shape index (κ1) is 13.3. The van der Waals surface area contributed by atoms with E-state index in [9.17, 15) is 17.6 Å². The van der Waals surface area contributed by atoms with Crippen LogP contribution in [-0.4, -0.2) is 10.2 Å². The maximum Gasteiger partial charge on any atom is 0.316 e. The molecule has 1 atom stereocenters. The quantitative estimate of drug-likeness (QED) is 0.868. The van der Waals surface area contributed by atoms with Gasteiger partial charge < -0.3 is 9.73 Å². The highest BCUT2D eigenvalue weighted by Gasteiger charge is 2.18. The van der Waals surface area contributed by atoms with E-state index < -0.39 is 30.0 Å². The Kier molecular flexibility index (Phi) is 3.68. The van der Waals surface area contributed by atoms with Crippen molar-refractivity contribution in [2.75, 3.05) is 5.32 Å². The van der Waals surface area contributed by atoms with Gasteiger partial charge in [0.05, 0.1) is 6.04 Å². The van der Waals surface area contributed by atoms with E-state index in [0.29, 0.717) is 0 Å². The second-order valence-corrected chi connectivity index (χ2v) is 3.78. The average Bonchev–Trinajstić information content (AvgIpc) is 2.77. The molecule has 0 radical (unpaired) electrons. The van der Waals surface area contributed by atoms with Gasteiger partial charge in [-0.05, 0) is 13.0 Å². The van der Waals surface area contributed by atoms with Crippen molar-refractivity contribution in [3.63, 3.8) is 0 Å². The Bertz CT molecular complexity index is 573. The van der Waals surface area contributed by atoms with Crippen LogP contribution in [0.3, 0.4) is 0 Å². The van der Waals surface area contributed by atoms with E-state index >= 15 is 0 Å². The Morgan fingerprint density at radius 3 is 2.53 bits per heavy atom. The molecule has 0 aliphatic heterocycles. The lowest BCUT2D eigenvalue weighted by atomic mass is 10.1. The first-order chi connectivity index (χ1) is 8.97. The number of hydrogen-bond acceptors (Lipinski definition) is 4. The third-order valence-electron chi connectivity index (χ3n) is 2.40. The molecule has 2 aromatic rings. The van der Waals surface area contributed by atoms with Crippen molar-refractivity contribution >= 4 is 6.01 Å². The summed E-state index contributed by atoms with van der Waals surface area (Å²) in [6.45, 7) is 1.54. The average molecular weight is 275 g/mol. The number of alkyl halides is 2. The van der Waals surface area contributed by atoms with E-state index in [1.54, 1.807) is 6.92 Å². The molecule has 2 rings (SSSR count). The number of aromatic nitrogens is 2. The van der Waals surface area contributed by atoms with Gasteiger partial charge in [0.2, 0.25) is 0 Å². The SMILES string of the molecule is C[C@H](Nc1nnc(C(F)F)o1)c1ccc(F)cc1F. The minimum absolute atomic E-state index is 0.151. The van der Waals surface area contributed by atoms with Gasteiger partial charge in [-0.2, -0.15) is 8.78 Å². The van der Waals surface area contributed by atoms with Gasteiger partial charge in [0.15, 0.2) is 0 Å². The lowest BCUT2D eigenvalue weighted by Gasteiger charge is -2.12. The molecule has 1 aromatic carbocycles. The van der Waals surface area contributed by atoms with Crippen LogP contribution in [0.2, 0.25) is 0 Å². The van der Waals surface area contributed by atoms with Gasteiger partial charge in [-0.25, -0.2) is 8.78 Å². The van der Waals surface area contributed by atoms with Crippen LogP contribution in [0.1, 0.15) is 30.8 Å². The van der Waals surface area contributed by atoms with Gasteiger partial charge in [-0.3, -0.25) is 0 Å². The van der Waals surface area contributed by atoms with Crippen molar-refractivity contribution in [2.24, 2.45) is 0 Å². The molecule has 0 unspecified atom stereocenters. The minimum atomic E-state index is -2.87. The number of nitrogens with one attached hydrogen (secondary N) is 1. The van der Waals surface area contributed by atoms with Gasteiger partial charge in [0.25, 0.3) is 5.89 Å². The summed E-state index contributed by atoms with van der Waals surface area (Å²) < 4.78 is 55.3. The molecule has 0 saturated heterocycles. The molecule has 102 valence electrons. The van der Waals surface area contributed by atoms with Crippen molar-refractivity contribution < 1.29 is 22.0 Å². The van der Waals surface area contributed by atoms with Crippen LogP contribution >= 0.6 is 0 Å². The topological polar surface area (TPSA) is 51.0 Å². The normalized spacial score (nSPS) is 12.7. The first-order valence-corrected chi connectivity index (χ1v) is 5.30. The van der Waals surface area contributed by atoms with Crippen molar-refractivity contribution in [1.29, 1.82) is 0 Å². The van der Waals surface area contributed by atoms with Crippen LogP contribution in [0, 0.1) is 11.6 Å². The van der Waals surface area contributed by atoms with Gasteiger partial charge >= 0.3 is 12.4 Å². The molecule has 0 aliphatic carbocycles. The largest absolute Gasteiger partial charge is 0.402 e. The van der Waals surface area contributed by atoms with Crippen molar-refractivity contribution in [1.82, 2.24) is 10.2 Å². The molecule has 8 heteroatoms. The summed E-state index contributed by atoms with van der Waals surface area (Å²) in [7, 11) is 0. The van der Waals surface area contributed by atoms with Crippen molar-refractivity contribution in [3.05, 3.63) is 41.3 Å². The summed E-state index contributed by atoms with van der Waals surface area (Å²) in [4.78, 5) is 0. The summed E-state index contributed by atoms with van der Waals surface area (Å²) >= 11 is 0. The molecule has 0 spiro atoms. The maximum atomic E-state index is 13.5. The molecule has 1 aromatic heterocycles. The zero-order valence-electron chi connectivity index (χ0n) is 9.70. The second-order valence-electron chi connectivity index (χ2n) is 3.78. The minimum Gasteiger partial charge on any atom is -0.402 e. The van der Waals surface area contributed by atoms with E-state index in [2.05, 4.69) is 19.9 Å². The van der Waals surface area contributed by atoms with Crippen molar-refractivity contribution in [3.8, 4) is 0 Å². The number of anilines is 1. The lowest BCUT2D eigenvalue weighted by molar-refractivity contribution is 0.116. The fourth-order valence-electron chi connectivity index (χ4n) is 1.50. The summed E-state index contributed by atoms with van der Waals surface area (Å²) in [5, 5.41) is 9.02. The van der Waals surface area contributed by atoms with E-state index in [1.807, 2.05) is 0 Å². The maximum absolute atomic E-state index is 13.5. The van der Waals surface area contributed by atoms with Gasteiger partial charge in [-0.15, -0.1) is 5.10 Å². The van der Waals surface area contributed by atoms with Crippen LogP contribution in [0.4, 0.5) is 23.6 Å². The number of benzene rings is 1. The van der Waals surface area contributed by atoms with E-state index in [-0.39, 0.29) is 11.6 Å². The van der Waals surface area contributed by atoms with E-state index in [1.165, 1.54) is 6.07 Å². The molecule has 1 N–H and O–H groups in total. The summed E-state index contributed by atoms with van der Waals surface area (Å²) in [6.07, 6.45) is -2.87. The number of nitrogens with zero attached hydrogens (tertiary/aromatic N) is 2. The molecular formula is C11H9F4N3O. The molecule has 0 bridgehead atoms. The predicted molar refractivity (Wildman–Crippen MR) is 57.7 cm³/mol. The van der Waals surface area contributed by atoms with Crippen LogP contribution in [0.15, 0.2) is 22.6 Å². The van der Waals surface area contributed by atoms with Crippen LogP contribution in [-0.2, 0) is 0 Å². The third kappa shape index (κ3) is 3.01. The standard InChI is InChI=1S/C11H9F4N3O/c1-5(7-3-2-6(12)4-8(7)13)16-11-18-17-10(19-11)9(14)15/h2-5,9H,1H3,(H,16,18)/t5-/m0/s1. The zero-order valence-corrected chi connectivity index (χ0v) is 9.70. The fraction of sp³-hybridized carbons (Fsp3) is 0.273. The van der Waals surface area contributed by atoms with Gasteiger partial charge in [-0.1, -0.05) is 11.2 Å². The summed E-state index contributed by atoms with van der Waals surface area (Å²) in [5.74, 6) is -2.28. The Hall–Kier alpha value is -2.12. The lowest BCUT2D eigenvalue weighted by Crippen LogP contribution is -2.09. The van der Waals surface area contributed by atoms with Crippen molar-refractivity contribution in [2.45, 2.75) is 19.4 Å². The molecule has 4 nitrogen and oxygen atoms in total. The van der Waals surface area contributed by atoms with Gasteiger partial charge in [0, 0.05) is 11.6 Å². The van der Waals surface area contributed by atoms with Crippen LogP contribution in [0.5, 0.6) is 0 Å². The summed E-state index contributed by atoms with van der Waals surface area (Å²) in [5.41, 5.74) is 0.151. The number of halogens is 4. The highest BCUT2D eigenvalue weighted by molar-refractivity contribution is 5.29. The molecule has 0 aliphatic rings. The van der Waals surface area contributed by atoms with E-state index in [4.69, 9.17) is 0 Å². The second kappa shape index (κ2) is 5.25. The smallest absolute Gasteiger partial charge is 0.316 e. The highest BCUT2D eigenvalue weighted by atomic mass is 19.3. The highest BCUT2D eigenvalue weighted by Crippen LogP contribution is 2.24. The van der Waals surface area contributed by atoms with Crippen LogP contribution in [0.25, 0.3) is 0 Å². The molecular weight excluding hydrogens is 266 g/mol. The zero-order chi connectivity index (χ0) is 14.0. The molecule has 0 fully saturated rings. The van der Waals surface area contributed by atoms with Crippen LogP contribution < -0.4 is 5.32 Å².